The quantitative estimate of drug-likeness (QED) is 0.859. The van der Waals surface area contributed by atoms with Gasteiger partial charge in [0.2, 0.25) is 0 Å². The van der Waals surface area contributed by atoms with Gasteiger partial charge in [0.15, 0.2) is 0 Å². The minimum absolute atomic E-state index is 0.259. The molecule has 1 aromatic carbocycles. The standard InChI is InChI=1S/C13H12BrFN2OS/c1-18-7-10-12(14)13(19)17-11(16-10)6-8-3-2-4-9(15)5-8/h2-5H,6-7H2,1H3,(H,16,17,19). The Bertz CT molecular complexity index is 645. The smallest absolute Gasteiger partial charge is 0.144 e. The maximum absolute atomic E-state index is 13.1. The van der Waals surface area contributed by atoms with Crippen molar-refractivity contribution in [1.82, 2.24) is 9.97 Å². The van der Waals surface area contributed by atoms with Gasteiger partial charge in [0.25, 0.3) is 0 Å². The number of H-pyrrole nitrogens is 1. The third-order valence-electron chi connectivity index (χ3n) is 2.53. The Balaban J connectivity index is 2.33. The van der Waals surface area contributed by atoms with Crippen LogP contribution in [0.2, 0.25) is 0 Å². The minimum Gasteiger partial charge on any atom is -0.378 e. The van der Waals surface area contributed by atoms with E-state index < -0.39 is 0 Å². The van der Waals surface area contributed by atoms with Crippen LogP contribution in [0, 0.1) is 10.5 Å². The van der Waals surface area contributed by atoms with Gasteiger partial charge < -0.3 is 9.72 Å². The summed E-state index contributed by atoms with van der Waals surface area (Å²) in [7, 11) is 1.61. The number of nitrogens with zero attached hydrogens (tertiary/aromatic N) is 1. The van der Waals surface area contributed by atoms with E-state index in [0.717, 1.165) is 15.7 Å². The Morgan fingerprint density at radius 3 is 2.95 bits per heavy atom. The fourth-order valence-electron chi connectivity index (χ4n) is 1.73. The second-order valence-corrected chi connectivity index (χ2v) is 5.20. The molecule has 3 nitrogen and oxygen atoms in total. The molecule has 19 heavy (non-hydrogen) atoms. The van der Waals surface area contributed by atoms with Crippen molar-refractivity contribution in [3.05, 3.63) is 56.3 Å². The Hall–Kier alpha value is -1.11. The maximum atomic E-state index is 13.1. The molecule has 0 bridgehead atoms. The average molecular weight is 343 g/mol. The molecule has 0 atom stereocenters. The molecular formula is C13H12BrFN2OS. The van der Waals surface area contributed by atoms with Crippen LogP contribution in [0.4, 0.5) is 4.39 Å². The number of nitrogens with one attached hydrogen (secondary N) is 1. The third-order valence-corrected chi connectivity index (χ3v) is 3.95. The van der Waals surface area contributed by atoms with Gasteiger partial charge >= 0.3 is 0 Å². The summed E-state index contributed by atoms with van der Waals surface area (Å²) in [5, 5.41) is 0. The van der Waals surface area contributed by atoms with Gasteiger partial charge in [0, 0.05) is 13.5 Å². The molecule has 0 amide bonds. The number of methoxy groups -OCH3 is 1. The molecule has 0 aliphatic rings. The van der Waals surface area contributed by atoms with Crippen LogP contribution in [0.5, 0.6) is 0 Å². The zero-order chi connectivity index (χ0) is 13.8. The van der Waals surface area contributed by atoms with Crippen LogP contribution in [0.1, 0.15) is 17.1 Å². The van der Waals surface area contributed by atoms with Crippen molar-refractivity contribution in [2.45, 2.75) is 13.0 Å². The predicted octanol–water partition coefficient (Wildman–Crippen LogP) is 3.78. The second-order valence-electron chi connectivity index (χ2n) is 4.02. The summed E-state index contributed by atoms with van der Waals surface area (Å²) in [5.41, 5.74) is 1.66. The van der Waals surface area contributed by atoms with Gasteiger partial charge in [-0.2, -0.15) is 0 Å². The van der Waals surface area contributed by atoms with Crippen LogP contribution >= 0.6 is 28.1 Å². The van der Waals surface area contributed by atoms with Crippen LogP contribution in [0.25, 0.3) is 0 Å². The molecule has 0 saturated heterocycles. The van der Waals surface area contributed by atoms with Crippen molar-refractivity contribution in [3.63, 3.8) is 0 Å². The van der Waals surface area contributed by atoms with Gasteiger partial charge in [-0.25, -0.2) is 9.37 Å². The number of aromatic amines is 1. The van der Waals surface area contributed by atoms with Crippen LogP contribution in [-0.4, -0.2) is 17.1 Å². The second kappa shape index (κ2) is 6.36. The van der Waals surface area contributed by atoms with E-state index in [1.54, 1.807) is 13.2 Å². The molecule has 1 heterocycles. The topological polar surface area (TPSA) is 37.9 Å². The fourth-order valence-corrected chi connectivity index (χ4v) is 2.26. The highest BCUT2D eigenvalue weighted by atomic mass is 79.9. The lowest BCUT2D eigenvalue weighted by atomic mass is 10.1. The van der Waals surface area contributed by atoms with E-state index in [1.807, 2.05) is 6.07 Å². The molecule has 6 heteroatoms. The SMILES string of the molecule is COCc1[nH]c(Cc2cccc(F)c2)nc(=S)c1Br. The molecule has 100 valence electrons. The largest absolute Gasteiger partial charge is 0.378 e. The van der Waals surface area contributed by atoms with Crippen molar-refractivity contribution < 1.29 is 9.13 Å². The predicted molar refractivity (Wildman–Crippen MR) is 77.0 cm³/mol. The summed E-state index contributed by atoms with van der Waals surface area (Å²) < 4.78 is 19.4. The summed E-state index contributed by atoms with van der Waals surface area (Å²) >= 11 is 8.55. The molecule has 1 aromatic heterocycles. The van der Waals surface area contributed by atoms with Gasteiger partial charge in [-0.3, -0.25) is 0 Å². The number of aromatic nitrogens is 2. The normalized spacial score (nSPS) is 10.7. The van der Waals surface area contributed by atoms with E-state index in [4.69, 9.17) is 17.0 Å². The van der Waals surface area contributed by atoms with E-state index in [1.165, 1.54) is 12.1 Å². The van der Waals surface area contributed by atoms with E-state index in [9.17, 15) is 4.39 Å². The lowest BCUT2D eigenvalue weighted by Gasteiger charge is -2.08. The summed E-state index contributed by atoms with van der Waals surface area (Å²) in [6.07, 6.45) is 0.491. The van der Waals surface area contributed by atoms with Crippen molar-refractivity contribution >= 4 is 28.1 Å². The molecular weight excluding hydrogens is 331 g/mol. The number of ether oxygens (including phenoxy) is 1. The first kappa shape index (κ1) is 14.3. The summed E-state index contributed by atoms with van der Waals surface area (Å²) in [5.74, 6) is 0.427. The van der Waals surface area contributed by atoms with Crippen molar-refractivity contribution in [2.75, 3.05) is 7.11 Å². The Morgan fingerprint density at radius 1 is 1.47 bits per heavy atom. The van der Waals surface area contributed by atoms with Crippen LogP contribution in [0.15, 0.2) is 28.7 Å². The Morgan fingerprint density at radius 2 is 2.26 bits per heavy atom. The third kappa shape index (κ3) is 3.68. The first-order valence-electron chi connectivity index (χ1n) is 5.61. The molecule has 0 aliphatic carbocycles. The number of rotatable bonds is 4. The molecule has 0 saturated carbocycles. The molecule has 0 spiro atoms. The summed E-state index contributed by atoms with van der Waals surface area (Å²) in [6, 6.07) is 6.42. The first-order chi connectivity index (χ1) is 9.10. The van der Waals surface area contributed by atoms with Crippen molar-refractivity contribution in [2.24, 2.45) is 0 Å². The molecule has 2 aromatic rings. The highest BCUT2D eigenvalue weighted by molar-refractivity contribution is 9.10. The van der Waals surface area contributed by atoms with Crippen molar-refractivity contribution in [3.8, 4) is 0 Å². The Kier molecular flexibility index (Phi) is 4.79. The fraction of sp³-hybridized carbons (Fsp3) is 0.231. The summed E-state index contributed by atoms with van der Waals surface area (Å²) in [4.78, 5) is 7.43. The van der Waals surface area contributed by atoms with E-state index in [2.05, 4.69) is 25.9 Å². The number of benzene rings is 1. The molecule has 1 N–H and O–H groups in total. The van der Waals surface area contributed by atoms with Gasteiger partial charge in [0.05, 0.1) is 16.8 Å². The van der Waals surface area contributed by atoms with Gasteiger partial charge in [0.1, 0.15) is 16.3 Å². The number of hydrogen-bond acceptors (Lipinski definition) is 3. The molecule has 0 unspecified atom stereocenters. The van der Waals surface area contributed by atoms with E-state index >= 15 is 0 Å². The zero-order valence-corrected chi connectivity index (χ0v) is 12.6. The molecule has 0 fully saturated rings. The maximum Gasteiger partial charge on any atom is 0.144 e. The lowest BCUT2D eigenvalue weighted by molar-refractivity contribution is 0.180. The first-order valence-corrected chi connectivity index (χ1v) is 6.81. The van der Waals surface area contributed by atoms with Crippen molar-refractivity contribution in [1.29, 1.82) is 0 Å². The van der Waals surface area contributed by atoms with Gasteiger partial charge in [-0.1, -0.05) is 24.4 Å². The Labute approximate surface area is 124 Å². The molecule has 2 rings (SSSR count). The lowest BCUT2D eigenvalue weighted by Crippen LogP contribution is -2.03. The van der Waals surface area contributed by atoms with Gasteiger partial charge in [-0.05, 0) is 33.6 Å². The number of hydrogen-bond donors (Lipinski definition) is 1. The average Bonchev–Trinajstić information content (AvgIpc) is 2.35. The molecule has 0 aliphatic heterocycles. The minimum atomic E-state index is -0.259. The van der Waals surface area contributed by atoms with Gasteiger partial charge in [-0.15, -0.1) is 0 Å². The number of halogens is 2. The van der Waals surface area contributed by atoms with Crippen LogP contribution in [-0.2, 0) is 17.8 Å². The van der Waals surface area contributed by atoms with Crippen LogP contribution < -0.4 is 0 Å². The highest BCUT2D eigenvalue weighted by Crippen LogP contribution is 2.18. The van der Waals surface area contributed by atoms with E-state index in [-0.39, 0.29) is 5.82 Å². The summed E-state index contributed by atoms with van der Waals surface area (Å²) in [6.45, 7) is 0.406. The monoisotopic (exact) mass is 342 g/mol. The zero-order valence-electron chi connectivity index (χ0n) is 10.2. The van der Waals surface area contributed by atoms with E-state index in [0.29, 0.717) is 23.5 Å². The molecule has 0 radical (unpaired) electrons. The highest BCUT2D eigenvalue weighted by Gasteiger charge is 2.07. The van der Waals surface area contributed by atoms with Crippen LogP contribution in [0.3, 0.4) is 0 Å².